The van der Waals surface area contributed by atoms with Crippen LogP contribution >= 0.6 is 33.9 Å². The van der Waals surface area contributed by atoms with Crippen LogP contribution in [-0.2, 0) is 13.6 Å². The molecular weight excluding hydrogens is 341 g/mol. The lowest BCUT2D eigenvalue weighted by Gasteiger charge is -2.05. The molecule has 2 aromatic rings. The van der Waals surface area contributed by atoms with Crippen LogP contribution in [0.5, 0.6) is 0 Å². The van der Waals surface area contributed by atoms with Crippen molar-refractivity contribution >= 4 is 33.9 Å². The number of nitrogens with zero attached hydrogens (tertiary/aromatic N) is 3. The molecule has 0 radical (unpaired) electrons. The molecule has 0 aliphatic carbocycles. The van der Waals surface area contributed by atoms with Crippen molar-refractivity contribution < 1.29 is 0 Å². The van der Waals surface area contributed by atoms with E-state index in [1.54, 1.807) is 12.6 Å². The van der Waals surface area contributed by atoms with E-state index >= 15 is 0 Å². The van der Waals surface area contributed by atoms with Crippen LogP contribution in [0.4, 0.5) is 0 Å². The first kappa shape index (κ1) is 11.5. The molecule has 0 aliphatic heterocycles. The van der Waals surface area contributed by atoms with Crippen LogP contribution in [0.2, 0.25) is 0 Å². The second-order valence-corrected chi connectivity index (χ2v) is 5.12. The standard InChI is InChI=1S/C9H8IN3O2S/c1-12-3-7(10)8(14)13(9(12)15)2-6-4-16-5-11-6/h3-5H,2H2,1H3. The van der Waals surface area contributed by atoms with E-state index in [1.165, 1.54) is 26.7 Å². The van der Waals surface area contributed by atoms with Gasteiger partial charge in [0.05, 0.1) is 21.3 Å². The largest absolute Gasteiger partial charge is 0.331 e. The summed E-state index contributed by atoms with van der Waals surface area (Å²) in [6, 6.07) is 0. The van der Waals surface area contributed by atoms with Gasteiger partial charge in [-0.05, 0) is 22.6 Å². The molecule has 0 unspecified atom stereocenters. The molecule has 0 amide bonds. The van der Waals surface area contributed by atoms with Crippen molar-refractivity contribution in [2.75, 3.05) is 0 Å². The summed E-state index contributed by atoms with van der Waals surface area (Å²) in [4.78, 5) is 27.6. The zero-order valence-electron chi connectivity index (χ0n) is 8.38. The van der Waals surface area contributed by atoms with Crippen molar-refractivity contribution in [1.82, 2.24) is 14.1 Å². The molecule has 0 spiro atoms. The molecule has 0 fully saturated rings. The Hall–Kier alpha value is -0.960. The molecule has 0 N–H and O–H groups in total. The van der Waals surface area contributed by atoms with Crippen LogP contribution in [0.25, 0.3) is 0 Å². The second-order valence-electron chi connectivity index (χ2n) is 3.24. The summed E-state index contributed by atoms with van der Waals surface area (Å²) in [6.45, 7) is 0.228. The lowest BCUT2D eigenvalue weighted by Crippen LogP contribution is -2.40. The first-order valence-electron chi connectivity index (χ1n) is 4.42. The fraction of sp³-hybridized carbons (Fsp3) is 0.222. The molecule has 0 aliphatic rings. The van der Waals surface area contributed by atoms with Gasteiger partial charge in [-0.3, -0.25) is 9.36 Å². The lowest BCUT2D eigenvalue weighted by atomic mass is 10.4. The Morgan fingerprint density at radius 1 is 1.50 bits per heavy atom. The zero-order chi connectivity index (χ0) is 11.7. The van der Waals surface area contributed by atoms with Gasteiger partial charge in [-0.25, -0.2) is 9.78 Å². The van der Waals surface area contributed by atoms with E-state index in [4.69, 9.17) is 0 Å². The number of halogens is 1. The minimum Gasteiger partial charge on any atom is -0.302 e. The summed E-state index contributed by atoms with van der Waals surface area (Å²) in [5.41, 5.74) is 1.82. The quantitative estimate of drug-likeness (QED) is 0.749. The smallest absolute Gasteiger partial charge is 0.302 e. The predicted molar refractivity (Wildman–Crippen MR) is 69.9 cm³/mol. The minimum absolute atomic E-state index is 0.228. The highest BCUT2D eigenvalue weighted by atomic mass is 127. The maximum absolute atomic E-state index is 11.8. The molecule has 0 saturated carbocycles. The van der Waals surface area contributed by atoms with Gasteiger partial charge in [0.15, 0.2) is 0 Å². The summed E-state index contributed by atoms with van der Waals surface area (Å²) >= 11 is 3.36. The molecule has 2 aromatic heterocycles. The van der Waals surface area contributed by atoms with Gasteiger partial charge in [0.1, 0.15) is 0 Å². The van der Waals surface area contributed by atoms with Gasteiger partial charge in [-0.2, -0.15) is 0 Å². The fourth-order valence-electron chi connectivity index (χ4n) is 1.30. The number of aryl methyl sites for hydroxylation is 1. The summed E-state index contributed by atoms with van der Waals surface area (Å²) in [7, 11) is 1.63. The number of hydrogen-bond donors (Lipinski definition) is 0. The maximum atomic E-state index is 11.8. The third-order valence-corrected chi connectivity index (χ3v) is 3.47. The van der Waals surface area contributed by atoms with Gasteiger partial charge in [0.25, 0.3) is 5.56 Å². The number of hydrogen-bond acceptors (Lipinski definition) is 4. The van der Waals surface area contributed by atoms with Crippen molar-refractivity contribution in [3.05, 3.63) is 47.2 Å². The van der Waals surface area contributed by atoms with Gasteiger partial charge < -0.3 is 4.57 Å². The van der Waals surface area contributed by atoms with Crippen LogP contribution < -0.4 is 11.2 Å². The van der Waals surface area contributed by atoms with Crippen LogP contribution in [-0.4, -0.2) is 14.1 Å². The molecule has 5 nitrogen and oxygen atoms in total. The average Bonchev–Trinajstić information content (AvgIpc) is 2.74. The molecule has 2 rings (SSSR count). The second kappa shape index (κ2) is 4.50. The highest BCUT2D eigenvalue weighted by molar-refractivity contribution is 14.1. The lowest BCUT2D eigenvalue weighted by molar-refractivity contribution is 0.627. The van der Waals surface area contributed by atoms with Crippen LogP contribution in [0.3, 0.4) is 0 Å². The van der Waals surface area contributed by atoms with Crippen molar-refractivity contribution in [3.63, 3.8) is 0 Å². The number of thiazole rings is 1. The molecule has 0 bridgehead atoms. The topological polar surface area (TPSA) is 56.9 Å². The third-order valence-electron chi connectivity index (χ3n) is 2.09. The summed E-state index contributed by atoms with van der Waals surface area (Å²) in [5.74, 6) is 0. The van der Waals surface area contributed by atoms with Crippen molar-refractivity contribution in [1.29, 1.82) is 0 Å². The van der Waals surface area contributed by atoms with Crippen LogP contribution in [0, 0.1) is 3.57 Å². The molecule has 0 aromatic carbocycles. The molecule has 2 heterocycles. The maximum Gasteiger partial charge on any atom is 0.331 e. The van der Waals surface area contributed by atoms with E-state index in [2.05, 4.69) is 4.98 Å². The van der Waals surface area contributed by atoms with E-state index in [0.29, 0.717) is 3.57 Å². The van der Waals surface area contributed by atoms with E-state index in [0.717, 1.165) is 5.69 Å². The highest BCUT2D eigenvalue weighted by Crippen LogP contribution is 2.01. The minimum atomic E-state index is -0.321. The molecule has 0 atom stereocenters. The monoisotopic (exact) mass is 349 g/mol. The van der Waals surface area contributed by atoms with E-state index < -0.39 is 0 Å². The number of rotatable bonds is 2. The van der Waals surface area contributed by atoms with Gasteiger partial charge in [-0.1, -0.05) is 0 Å². The Bertz CT molecular complexity index is 580. The van der Waals surface area contributed by atoms with Crippen molar-refractivity contribution in [3.8, 4) is 0 Å². The molecular formula is C9H8IN3O2S. The Morgan fingerprint density at radius 3 is 2.88 bits per heavy atom. The first-order chi connectivity index (χ1) is 7.59. The van der Waals surface area contributed by atoms with Gasteiger partial charge in [-0.15, -0.1) is 11.3 Å². The third kappa shape index (κ3) is 2.09. The molecule has 0 saturated heterocycles. The zero-order valence-corrected chi connectivity index (χ0v) is 11.4. The fourth-order valence-corrected chi connectivity index (χ4v) is 2.56. The average molecular weight is 349 g/mol. The summed E-state index contributed by atoms with van der Waals surface area (Å²) in [6.07, 6.45) is 1.53. The number of aromatic nitrogens is 3. The van der Waals surface area contributed by atoms with Gasteiger partial charge in [0.2, 0.25) is 0 Å². The van der Waals surface area contributed by atoms with Crippen LogP contribution in [0.15, 0.2) is 26.7 Å². The molecule has 7 heteroatoms. The first-order valence-corrected chi connectivity index (χ1v) is 6.45. The molecule has 84 valence electrons. The predicted octanol–water partition coefficient (Wildman–Crippen LogP) is 0.656. The Morgan fingerprint density at radius 2 is 2.25 bits per heavy atom. The van der Waals surface area contributed by atoms with Crippen molar-refractivity contribution in [2.45, 2.75) is 6.54 Å². The van der Waals surface area contributed by atoms with Crippen LogP contribution in [0.1, 0.15) is 5.69 Å². The van der Waals surface area contributed by atoms with Gasteiger partial charge in [0, 0.05) is 18.6 Å². The van der Waals surface area contributed by atoms with E-state index in [-0.39, 0.29) is 17.8 Å². The summed E-state index contributed by atoms with van der Waals surface area (Å²) < 4.78 is 3.11. The van der Waals surface area contributed by atoms with E-state index in [9.17, 15) is 9.59 Å². The normalized spacial score (nSPS) is 10.6. The SMILES string of the molecule is Cn1cc(I)c(=O)n(Cc2cscn2)c1=O. The Labute approximate surface area is 109 Å². The highest BCUT2D eigenvalue weighted by Gasteiger charge is 2.08. The van der Waals surface area contributed by atoms with Crippen molar-refractivity contribution in [2.24, 2.45) is 7.05 Å². The van der Waals surface area contributed by atoms with E-state index in [1.807, 2.05) is 28.0 Å². The molecule has 16 heavy (non-hydrogen) atoms. The van der Waals surface area contributed by atoms with Gasteiger partial charge >= 0.3 is 5.69 Å². The Kier molecular flexibility index (Phi) is 3.24. The summed E-state index contributed by atoms with van der Waals surface area (Å²) in [5, 5.41) is 1.83. The Balaban J connectivity index is 2.56.